The number of ether oxygens (including phenoxy) is 1. The number of rotatable bonds is 1. The quantitative estimate of drug-likeness (QED) is 0.610. The van der Waals surface area contributed by atoms with Crippen LogP contribution in [0.15, 0.2) is 12.3 Å². The van der Waals surface area contributed by atoms with Crippen molar-refractivity contribution in [2.24, 2.45) is 0 Å². The van der Waals surface area contributed by atoms with E-state index in [1.54, 1.807) is 12.3 Å². The standard InChI is InChI=1S/C7H7N3O2/c1-12-7(11)5-2-4-6(9-5)3-8-10-4/h2-3,9H,1H3,(H,8,10). The highest BCUT2D eigenvalue weighted by molar-refractivity contribution is 5.93. The number of hydrogen-bond acceptors (Lipinski definition) is 3. The molecule has 0 aromatic carbocycles. The average Bonchev–Trinajstić information content (AvgIpc) is 2.60. The van der Waals surface area contributed by atoms with Gasteiger partial charge in [-0.05, 0) is 6.07 Å². The second-order valence-electron chi connectivity index (χ2n) is 2.37. The number of nitrogens with one attached hydrogen (secondary N) is 2. The van der Waals surface area contributed by atoms with E-state index in [1.807, 2.05) is 0 Å². The molecule has 2 heterocycles. The Morgan fingerprint density at radius 1 is 1.58 bits per heavy atom. The van der Waals surface area contributed by atoms with Crippen molar-refractivity contribution in [3.63, 3.8) is 0 Å². The normalized spacial score (nSPS) is 10.4. The van der Waals surface area contributed by atoms with Gasteiger partial charge in [-0.15, -0.1) is 0 Å². The van der Waals surface area contributed by atoms with Gasteiger partial charge in [-0.25, -0.2) is 4.79 Å². The number of nitrogens with zero attached hydrogens (tertiary/aromatic N) is 1. The van der Waals surface area contributed by atoms with Crippen LogP contribution >= 0.6 is 0 Å². The molecule has 0 aliphatic heterocycles. The molecular weight excluding hydrogens is 158 g/mol. The third-order valence-electron chi connectivity index (χ3n) is 1.63. The monoisotopic (exact) mass is 165 g/mol. The minimum atomic E-state index is -0.375. The predicted molar refractivity (Wildman–Crippen MR) is 41.8 cm³/mol. The first kappa shape index (κ1) is 6.90. The molecule has 0 saturated heterocycles. The van der Waals surface area contributed by atoms with E-state index in [9.17, 15) is 4.79 Å². The maximum Gasteiger partial charge on any atom is 0.354 e. The molecular formula is C7H7N3O2. The number of carbonyl (C=O) groups is 1. The van der Waals surface area contributed by atoms with Gasteiger partial charge in [0.25, 0.3) is 0 Å². The first-order valence-electron chi connectivity index (χ1n) is 3.41. The maximum absolute atomic E-state index is 11.0. The van der Waals surface area contributed by atoms with Crippen molar-refractivity contribution in [3.05, 3.63) is 18.0 Å². The van der Waals surface area contributed by atoms with Gasteiger partial charge in [-0.2, -0.15) is 5.10 Å². The smallest absolute Gasteiger partial charge is 0.354 e. The third kappa shape index (κ3) is 0.868. The molecule has 0 unspecified atom stereocenters. The summed E-state index contributed by atoms with van der Waals surface area (Å²) in [5.41, 5.74) is 2.03. The summed E-state index contributed by atoms with van der Waals surface area (Å²) >= 11 is 0. The lowest BCUT2D eigenvalue weighted by Gasteiger charge is -1.91. The van der Waals surface area contributed by atoms with Gasteiger partial charge in [0.15, 0.2) is 0 Å². The molecule has 0 saturated carbocycles. The molecule has 2 aromatic heterocycles. The van der Waals surface area contributed by atoms with E-state index in [-0.39, 0.29) is 5.97 Å². The molecule has 5 nitrogen and oxygen atoms in total. The molecule has 2 N–H and O–H groups in total. The number of esters is 1. The Morgan fingerprint density at radius 2 is 2.42 bits per heavy atom. The summed E-state index contributed by atoms with van der Waals surface area (Å²) in [7, 11) is 1.34. The summed E-state index contributed by atoms with van der Waals surface area (Å²) in [5.74, 6) is -0.375. The molecule has 0 radical (unpaired) electrons. The van der Waals surface area contributed by atoms with E-state index in [1.165, 1.54) is 7.11 Å². The van der Waals surface area contributed by atoms with Crippen LogP contribution in [0.25, 0.3) is 11.0 Å². The number of fused-ring (bicyclic) bond motifs is 1. The second-order valence-corrected chi connectivity index (χ2v) is 2.37. The zero-order valence-electron chi connectivity index (χ0n) is 6.42. The molecule has 0 aliphatic carbocycles. The number of carbonyl (C=O) groups excluding carboxylic acids is 1. The number of H-pyrrole nitrogens is 2. The average molecular weight is 165 g/mol. The number of hydrogen-bond donors (Lipinski definition) is 2. The van der Waals surface area contributed by atoms with Crippen LogP contribution in [-0.2, 0) is 4.74 Å². The molecule has 0 amide bonds. The van der Waals surface area contributed by atoms with E-state index in [4.69, 9.17) is 0 Å². The van der Waals surface area contributed by atoms with Crippen LogP contribution in [0.5, 0.6) is 0 Å². The molecule has 0 spiro atoms. The summed E-state index contributed by atoms with van der Waals surface area (Å²) in [6, 6.07) is 1.66. The van der Waals surface area contributed by atoms with E-state index < -0.39 is 0 Å². The Bertz CT molecular complexity index is 386. The van der Waals surface area contributed by atoms with Crippen molar-refractivity contribution in [3.8, 4) is 0 Å². The van der Waals surface area contributed by atoms with Crippen LogP contribution in [0.1, 0.15) is 10.5 Å². The SMILES string of the molecule is COC(=O)c1cc2[nH]ncc2[nH]1. The molecule has 0 bridgehead atoms. The van der Waals surface area contributed by atoms with Crippen LogP contribution in [0, 0.1) is 0 Å². The first-order chi connectivity index (χ1) is 5.81. The first-order valence-corrected chi connectivity index (χ1v) is 3.41. The third-order valence-corrected chi connectivity index (χ3v) is 1.63. The van der Waals surface area contributed by atoms with Crippen molar-refractivity contribution in [2.45, 2.75) is 0 Å². The summed E-state index contributed by atoms with van der Waals surface area (Å²) < 4.78 is 4.53. The van der Waals surface area contributed by atoms with Gasteiger partial charge < -0.3 is 9.72 Å². The summed E-state index contributed by atoms with van der Waals surface area (Å²) in [6.45, 7) is 0. The fourth-order valence-corrected chi connectivity index (χ4v) is 1.05. The minimum absolute atomic E-state index is 0.375. The lowest BCUT2D eigenvalue weighted by molar-refractivity contribution is 0.0595. The van der Waals surface area contributed by atoms with Gasteiger partial charge in [0.2, 0.25) is 0 Å². The summed E-state index contributed by atoms with van der Waals surface area (Å²) in [5, 5.41) is 6.51. The number of methoxy groups -OCH3 is 1. The van der Waals surface area contributed by atoms with E-state index >= 15 is 0 Å². The topological polar surface area (TPSA) is 70.8 Å². The van der Waals surface area contributed by atoms with Gasteiger partial charge in [0.05, 0.1) is 24.3 Å². The molecule has 0 fully saturated rings. The minimum Gasteiger partial charge on any atom is -0.464 e. The number of aromatic amines is 2. The van der Waals surface area contributed by atoms with Crippen LogP contribution in [0.2, 0.25) is 0 Å². The number of aromatic nitrogens is 3. The lowest BCUT2D eigenvalue weighted by atomic mass is 10.4. The van der Waals surface area contributed by atoms with Crippen molar-refractivity contribution >= 4 is 17.0 Å². The van der Waals surface area contributed by atoms with Gasteiger partial charge >= 0.3 is 5.97 Å². The molecule has 5 heteroatoms. The predicted octanol–water partition coefficient (Wildman–Crippen LogP) is 0.678. The van der Waals surface area contributed by atoms with Crippen LogP contribution in [-0.4, -0.2) is 28.3 Å². The lowest BCUT2D eigenvalue weighted by Crippen LogP contribution is -2.00. The molecule has 62 valence electrons. The molecule has 2 aromatic rings. The van der Waals surface area contributed by atoms with E-state index in [2.05, 4.69) is 19.9 Å². The highest BCUT2D eigenvalue weighted by Crippen LogP contribution is 2.11. The van der Waals surface area contributed by atoms with Crippen molar-refractivity contribution in [2.75, 3.05) is 7.11 Å². The van der Waals surface area contributed by atoms with Crippen molar-refractivity contribution in [1.82, 2.24) is 15.2 Å². The van der Waals surface area contributed by atoms with Crippen LogP contribution < -0.4 is 0 Å². The van der Waals surface area contributed by atoms with Crippen LogP contribution in [0.3, 0.4) is 0 Å². The Balaban J connectivity index is 2.51. The maximum atomic E-state index is 11.0. The largest absolute Gasteiger partial charge is 0.464 e. The molecule has 12 heavy (non-hydrogen) atoms. The van der Waals surface area contributed by atoms with Gasteiger partial charge in [0, 0.05) is 0 Å². The second kappa shape index (κ2) is 2.37. The summed E-state index contributed by atoms with van der Waals surface area (Å²) in [4.78, 5) is 13.9. The molecule has 0 atom stereocenters. The molecule has 2 rings (SSSR count). The Hall–Kier alpha value is -1.78. The van der Waals surface area contributed by atoms with Gasteiger partial charge in [0.1, 0.15) is 5.69 Å². The Labute approximate surface area is 67.7 Å². The van der Waals surface area contributed by atoms with Gasteiger partial charge in [-0.1, -0.05) is 0 Å². The zero-order chi connectivity index (χ0) is 8.55. The van der Waals surface area contributed by atoms with Gasteiger partial charge in [-0.3, -0.25) is 5.10 Å². The highest BCUT2D eigenvalue weighted by atomic mass is 16.5. The van der Waals surface area contributed by atoms with Crippen molar-refractivity contribution < 1.29 is 9.53 Å². The van der Waals surface area contributed by atoms with Crippen molar-refractivity contribution in [1.29, 1.82) is 0 Å². The van der Waals surface area contributed by atoms with E-state index in [0.717, 1.165) is 11.0 Å². The fourth-order valence-electron chi connectivity index (χ4n) is 1.05. The fraction of sp³-hybridized carbons (Fsp3) is 0.143. The summed E-state index contributed by atoms with van der Waals surface area (Å²) in [6.07, 6.45) is 1.61. The van der Waals surface area contributed by atoms with Crippen LogP contribution in [0.4, 0.5) is 0 Å². The zero-order valence-corrected chi connectivity index (χ0v) is 6.42. The van der Waals surface area contributed by atoms with E-state index in [0.29, 0.717) is 5.69 Å². The Kier molecular flexibility index (Phi) is 1.36. The highest BCUT2D eigenvalue weighted by Gasteiger charge is 2.09. The Morgan fingerprint density at radius 3 is 3.08 bits per heavy atom. The molecule has 0 aliphatic rings.